The van der Waals surface area contributed by atoms with Crippen LogP contribution in [0.2, 0.25) is 0 Å². The van der Waals surface area contributed by atoms with Crippen LogP contribution in [-0.4, -0.2) is 58.4 Å². The Morgan fingerprint density at radius 3 is 2.42 bits per heavy atom. The van der Waals surface area contributed by atoms with Gasteiger partial charge in [0.25, 0.3) is 0 Å². The highest BCUT2D eigenvalue weighted by molar-refractivity contribution is 6.00. The fourth-order valence-electron chi connectivity index (χ4n) is 4.96. The molecule has 2 aromatic rings. The lowest BCUT2D eigenvalue weighted by Gasteiger charge is -2.40. The summed E-state index contributed by atoms with van der Waals surface area (Å²) in [4.78, 5) is 40.6. The minimum Gasteiger partial charge on any atom is -0.350 e. The van der Waals surface area contributed by atoms with Gasteiger partial charge in [-0.1, -0.05) is 18.2 Å². The van der Waals surface area contributed by atoms with Crippen molar-refractivity contribution < 1.29 is 9.59 Å². The molecule has 0 N–H and O–H groups in total. The fourth-order valence-corrected chi connectivity index (χ4v) is 4.96. The summed E-state index contributed by atoms with van der Waals surface area (Å²) in [6.07, 6.45) is 6.25. The van der Waals surface area contributed by atoms with Gasteiger partial charge in [-0.2, -0.15) is 0 Å². The minimum absolute atomic E-state index is 0.0403. The average Bonchev–Trinajstić information content (AvgIpc) is 3.55. The molecule has 162 valence electrons. The maximum absolute atomic E-state index is 13.2. The molecule has 2 saturated heterocycles. The quantitative estimate of drug-likeness (QED) is 0.745. The number of benzene rings is 1. The number of hydrogen-bond donors (Lipinski definition) is 0. The summed E-state index contributed by atoms with van der Waals surface area (Å²) in [7, 11) is 0. The van der Waals surface area contributed by atoms with Crippen LogP contribution in [0.3, 0.4) is 0 Å². The lowest BCUT2D eigenvalue weighted by atomic mass is 9.99. The number of para-hydroxylation sites is 1. The van der Waals surface area contributed by atoms with E-state index in [1.165, 1.54) is 12.8 Å². The Morgan fingerprint density at radius 2 is 1.74 bits per heavy atom. The standard InChI is InChI=1S/C24H29N5O2/c1-17-13-22(26-16-25-17)29(20-7-8-20)21-9-11-27(12-10-21)24(31)18-14-23(30)28(15-18)19-5-3-2-4-6-19/h2-6,13,16,18,20-21H,7-12,14-15H2,1H3. The Labute approximate surface area is 183 Å². The number of rotatable bonds is 5. The first kappa shape index (κ1) is 20.0. The highest BCUT2D eigenvalue weighted by Crippen LogP contribution is 2.36. The van der Waals surface area contributed by atoms with Crippen LogP contribution in [0.4, 0.5) is 11.5 Å². The van der Waals surface area contributed by atoms with Gasteiger partial charge in [-0.15, -0.1) is 0 Å². The highest BCUT2D eigenvalue weighted by atomic mass is 16.2. The third-order valence-corrected chi connectivity index (χ3v) is 6.71. The van der Waals surface area contributed by atoms with E-state index in [9.17, 15) is 9.59 Å². The number of amides is 2. The van der Waals surface area contributed by atoms with Crippen molar-refractivity contribution in [3.8, 4) is 0 Å². The van der Waals surface area contributed by atoms with Gasteiger partial charge in [0.2, 0.25) is 11.8 Å². The highest BCUT2D eigenvalue weighted by Gasteiger charge is 2.40. The lowest BCUT2D eigenvalue weighted by Crippen LogP contribution is -2.49. The van der Waals surface area contributed by atoms with Gasteiger partial charge in [-0.3, -0.25) is 9.59 Å². The van der Waals surface area contributed by atoms with Gasteiger partial charge in [-0.25, -0.2) is 9.97 Å². The average molecular weight is 420 g/mol. The second-order valence-corrected chi connectivity index (χ2v) is 8.95. The summed E-state index contributed by atoms with van der Waals surface area (Å²) < 4.78 is 0. The minimum atomic E-state index is -0.242. The molecule has 0 spiro atoms. The zero-order valence-corrected chi connectivity index (χ0v) is 18.0. The van der Waals surface area contributed by atoms with E-state index in [-0.39, 0.29) is 17.7 Å². The molecule has 2 aliphatic heterocycles. The van der Waals surface area contributed by atoms with E-state index in [4.69, 9.17) is 0 Å². The van der Waals surface area contributed by atoms with E-state index in [1.54, 1.807) is 11.2 Å². The molecule has 0 radical (unpaired) electrons. The number of piperidine rings is 1. The second kappa shape index (κ2) is 8.29. The first-order chi connectivity index (χ1) is 15.1. The monoisotopic (exact) mass is 419 g/mol. The van der Waals surface area contributed by atoms with Crippen LogP contribution in [-0.2, 0) is 9.59 Å². The molecule has 1 atom stereocenters. The van der Waals surface area contributed by atoms with Gasteiger partial charge in [0.15, 0.2) is 0 Å². The Bertz CT molecular complexity index is 953. The lowest BCUT2D eigenvalue weighted by molar-refractivity contribution is -0.136. The Morgan fingerprint density at radius 1 is 1.03 bits per heavy atom. The normalized spacial score (nSPS) is 22.1. The summed E-state index contributed by atoms with van der Waals surface area (Å²) in [6, 6.07) is 12.7. The molecular weight excluding hydrogens is 390 g/mol. The summed E-state index contributed by atoms with van der Waals surface area (Å²) in [5, 5.41) is 0. The van der Waals surface area contributed by atoms with Crippen molar-refractivity contribution in [3.63, 3.8) is 0 Å². The molecule has 3 aliphatic rings. The zero-order chi connectivity index (χ0) is 21.4. The molecule has 0 bridgehead atoms. The van der Waals surface area contributed by atoms with Gasteiger partial charge >= 0.3 is 0 Å². The van der Waals surface area contributed by atoms with E-state index < -0.39 is 0 Å². The molecule has 3 fully saturated rings. The van der Waals surface area contributed by atoms with Crippen molar-refractivity contribution in [2.75, 3.05) is 29.4 Å². The predicted octanol–water partition coefficient (Wildman–Crippen LogP) is 2.80. The van der Waals surface area contributed by atoms with E-state index in [0.29, 0.717) is 25.0 Å². The topological polar surface area (TPSA) is 69.6 Å². The van der Waals surface area contributed by atoms with Gasteiger partial charge in [-0.05, 0) is 44.7 Å². The summed E-state index contributed by atoms with van der Waals surface area (Å²) in [5.74, 6) is 0.938. The van der Waals surface area contributed by atoms with Crippen molar-refractivity contribution in [2.24, 2.45) is 5.92 Å². The third kappa shape index (κ3) is 4.13. The Balaban J connectivity index is 1.21. The molecule has 31 heavy (non-hydrogen) atoms. The van der Waals surface area contributed by atoms with Crippen LogP contribution < -0.4 is 9.80 Å². The SMILES string of the molecule is Cc1cc(N(C2CC2)C2CCN(C(=O)C3CC(=O)N(c4ccccc4)C3)CC2)ncn1. The largest absolute Gasteiger partial charge is 0.350 e. The molecule has 7 nitrogen and oxygen atoms in total. The number of anilines is 2. The van der Waals surface area contributed by atoms with E-state index in [2.05, 4.69) is 20.9 Å². The number of aryl methyl sites for hydroxylation is 1. The van der Waals surface area contributed by atoms with Crippen LogP contribution >= 0.6 is 0 Å². The first-order valence-electron chi connectivity index (χ1n) is 11.3. The molecule has 1 aromatic heterocycles. The maximum Gasteiger partial charge on any atom is 0.228 e. The third-order valence-electron chi connectivity index (χ3n) is 6.71. The summed E-state index contributed by atoms with van der Waals surface area (Å²) in [5.41, 5.74) is 1.86. The van der Waals surface area contributed by atoms with Crippen LogP contribution in [0.25, 0.3) is 0 Å². The fraction of sp³-hybridized carbons (Fsp3) is 0.500. The molecule has 5 rings (SSSR count). The molecule has 1 saturated carbocycles. The summed E-state index contributed by atoms with van der Waals surface area (Å²) >= 11 is 0. The van der Waals surface area contributed by atoms with E-state index >= 15 is 0 Å². The van der Waals surface area contributed by atoms with Gasteiger partial charge in [0, 0.05) is 55.6 Å². The number of carbonyl (C=O) groups is 2. The Kier molecular flexibility index (Phi) is 5.34. The van der Waals surface area contributed by atoms with Gasteiger partial charge < -0.3 is 14.7 Å². The number of nitrogens with zero attached hydrogens (tertiary/aromatic N) is 5. The van der Waals surface area contributed by atoms with Gasteiger partial charge in [0.1, 0.15) is 12.1 Å². The van der Waals surface area contributed by atoms with Crippen LogP contribution in [0, 0.1) is 12.8 Å². The van der Waals surface area contributed by atoms with Crippen molar-refractivity contribution in [1.82, 2.24) is 14.9 Å². The number of hydrogen-bond acceptors (Lipinski definition) is 5. The molecule has 7 heteroatoms. The molecule has 1 aliphatic carbocycles. The number of likely N-dealkylation sites (tertiary alicyclic amines) is 1. The predicted molar refractivity (Wildman–Crippen MR) is 119 cm³/mol. The number of carbonyl (C=O) groups excluding carboxylic acids is 2. The number of aromatic nitrogens is 2. The molecule has 2 amide bonds. The molecule has 1 unspecified atom stereocenters. The van der Waals surface area contributed by atoms with Crippen LogP contribution in [0.15, 0.2) is 42.7 Å². The van der Waals surface area contributed by atoms with Crippen LogP contribution in [0.1, 0.15) is 37.8 Å². The maximum atomic E-state index is 13.2. The van der Waals surface area contributed by atoms with Gasteiger partial charge in [0.05, 0.1) is 5.92 Å². The van der Waals surface area contributed by atoms with E-state index in [0.717, 1.165) is 43.1 Å². The van der Waals surface area contributed by atoms with Crippen LogP contribution in [0.5, 0.6) is 0 Å². The van der Waals surface area contributed by atoms with Crippen molar-refractivity contribution in [3.05, 3.63) is 48.4 Å². The zero-order valence-electron chi connectivity index (χ0n) is 18.0. The van der Waals surface area contributed by atoms with E-state index in [1.807, 2.05) is 42.2 Å². The molecule has 3 heterocycles. The summed E-state index contributed by atoms with van der Waals surface area (Å²) in [6.45, 7) is 3.97. The van der Waals surface area contributed by atoms with Crippen molar-refractivity contribution in [1.29, 1.82) is 0 Å². The Hall–Kier alpha value is -2.96. The molecule has 1 aromatic carbocycles. The van der Waals surface area contributed by atoms with Crippen molar-refractivity contribution >= 4 is 23.3 Å². The van der Waals surface area contributed by atoms with Crippen molar-refractivity contribution in [2.45, 2.75) is 51.1 Å². The molecular formula is C24H29N5O2. The smallest absolute Gasteiger partial charge is 0.228 e. The first-order valence-corrected chi connectivity index (χ1v) is 11.3. The second-order valence-electron chi connectivity index (χ2n) is 8.95.